The summed E-state index contributed by atoms with van der Waals surface area (Å²) in [5, 5.41) is 0. The molecule has 0 aliphatic carbocycles. The molecule has 2 aliphatic heterocycles. The molecule has 0 aromatic heterocycles. The molecule has 0 saturated carbocycles. The lowest BCUT2D eigenvalue weighted by atomic mass is 9.85. The van der Waals surface area contributed by atoms with Crippen molar-refractivity contribution < 1.29 is 27.4 Å². The zero-order chi connectivity index (χ0) is 18.7. The van der Waals surface area contributed by atoms with Gasteiger partial charge in [-0.15, -0.1) is 13.2 Å². The van der Waals surface area contributed by atoms with Gasteiger partial charge in [-0.25, -0.2) is 4.79 Å². The first-order valence-electron chi connectivity index (χ1n) is 8.79. The monoisotopic (exact) mass is 372 g/mol. The third-order valence-corrected chi connectivity index (χ3v) is 4.80. The number of halogens is 3. The van der Waals surface area contributed by atoms with E-state index in [4.69, 9.17) is 4.74 Å². The van der Waals surface area contributed by atoms with E-state index < -0.39 is 6.36 Å². The minimum Gasteiger partial charge on any atom is -0.406 e. The van der Waals surface area contributed by atoms with Crippen LogP contribution in [0.15, 0.2) is 24.3 Å². The van der Waals surface area contributed by atoms with Crippen LogP contribution in [0.25, 0.3) is 0 Å². The van der Waals surface area contributed by atoms with Crippen molar-refractivity contribution in [1.29, 1.82) is 0 Å². The number of likely N-dealkylation sites (tertiary alicyclic amines) is 1. The van der Waals surface area contributed by atoms with Crippen molar-refractivity contribution in [3.63, 3.8) is 0 Å². The van der Waals surface area contributed by atoms with E-state index in [2.05, 4.69) is 11.7 Å². The first-order chi connectivity index (χ1) is 12.3. The molecule has 144 valence electrons. The van der Waals surface area contributed by atoms with E-state index in [1.54, 1.807) is 17.0 Å². The quantitative estimate of drug-likeness (QED) is 0.798. The Morgan fingerprint density at radius 1 is 1.12 bits per heavy atom. The number of alkyl halides is 3. The molecule has 0 N–H and O–H groups in total. The van der Waals surface area contributed by atoms with Crippen LogP contribution in [0.1, 0.15) is 24.8 Å². The SMILES string of the molecule is CC1CC(c2ccc(OC(F)(F)F)cc2)CN(C(=O)N2CCOCC2)C1. The number of ether oxygens (including phenoxy) is 2. The molecular weight excluding hydrogens is 349 g/mol. The molecule has 2 fully saturated rings. The molecule has 0 radical (unpaired) electrons. The molecule has 3 rings (SSSR count). The summed E-state index contributed by atoms with van der Waals surface area (Å²) in [6.45, 7) is 5.66. The number of piperidine rings is 1. The predicted molar refractivity (Wildman–Crippen MR) is 89.0 cm³/mol. The van der Waals surface area contributed by atoms with Gasteiger partial charge in [0.2, 0.25) is 0 Å². The number of morpholine rings is 1. The van der Waals surface area contributed by atoms with Crippen molar-refractivity contribution in [3.8, 4) is 5.75 Å². The van der Waals surface area contributed by atoms with Gasteiger partial charge in [0, 0.05) is 32.1 Å². The van der Waals surface area contributed by atoms with Crippen molar-refractivity contribution in [3.05, 3.63) is 29.8 Å². The lowest BCUT2D eigenvalue weighted by Gasteiger charge is -2.40. The maximum absolute atomic E-state index is 12.7. The molecule has 1 aromatic carbocycles. The highest BCUT2D eigenvalue weighted by molar-refractivity contribution is 5.74. The fraction of sp³-hybridized carbons (Fsp3) is 0.611. The van der Waals surface area contributed by atoms with Crippen LogP contribution in [0.3, 0.4) is 0 Å². The smallest absolute Gasteiger partial charge is 0.406 e. The van der Waals surface area contributed by atoms with Crippen LogP contribution in [-0.4, -0.2) is 61.6 Å². The van der Waals surface area contributed by atoms with Gasteiger partial charge in [0.25, 0.3) is 0 Å². The second-order valence-electron chi connectivity index (χ2n) is 6.94. The molecule has 5 nitrogen and oxygen atoms in total. The summed E-state index contributed by atoms with van der Waals surface area (Å²) in [6.07, 6.45) is -3.80. The molecule has 2 amide bonds. The molecular formula is C18H23F3N2O3. The van der Waals surface area contributed by atoms with Gasteiger partial charge in [0.15, 0.2) is 0 Å². The molecule has 26 heavy (non-hydrogen) atoms. The summed E-state index contributed by atoms with van der Waals surface area (Å²) in [4.78, 5) is 16.4. The molecule has 2 aliphatic rings. The maximum atomic E-state index is 12.7. The highest BCUT2D eigenvalue weighted by Crippen LogP contribution is 2.32. The summed E-state index contributed by atoms with van der Waals surface area (Å²) in [6, 6.07) is 5.98. The summed E-state index contributed by atoms with van der Waals surface area (Å²) < 4.78 is 46.1. The zero-order valence-electron chi connectivity index (χ0n) is 14.7. The standard InChI is InChI=1S/C18H23F3N2O3/c1-13-10-15(14-2-4-16(5-3-14)26-18(19,20)21)12-23(11-13)17(24)22-6-8-25-9-7-22/h2-5,13,15H,6-12H2,1H3. The minimum atomic E-state index is -4.69. The van der Waals surface area contributed by atoms with Gasteiger partial charge < -0.3 is 19.3 Å². The number of rotatable bonds is 2. The van der Waals surface area contributed by atoms with Crippen molar-refractivity contribution >= 4 is 6.03 Å². The van der Waals surface area contributed by atoms with E-state index in [1.165, 1.54) is 12.1 Å². The number of hydrogen-bond donors (Lipinski definition) is 0. The van der Waals surface area contributed by atoms with Gasteiger partial charge in [-0.05, 0) is 30.0 Å². The van der Waals surface area contributed by atoms with Crippen LogP contribution >= 0.6 is 0 Å². The molecule has 0 spiro atoms. The number of benzene rings is 1. The van der Waals surface area contributed by atoms with Crippen LogP contribution in [0.4, 0.5) is 18.0 Å². The Morgan fingerprint density at radius 2 is 1.77 bits per heavy atom. The number of carbonyl (C=O) groups is 1. The molecule has 2 unspecified atom stereocenters. The van der Waals surface area contributed by atoms with E-state index >= 15 is 0 Å². The molecule has 0 bridgehead atoms. The van der Waals surface area contributed by atoms with Crippen molar-refractivity contribution in [1.82, 2.24) is 9.80 Å². The van der Waals surface area contributed by atoms with Gasteiger partial charge >= 0.3 is 12.4 Å². The van der Waals surface area contributed by atoms with Gasteiger partial charge in [0.05, 0.1) is 13.2 Å². The highest BCUT2D eigenvalue weighted by Gasteiger charge is 2.33. The Balaban J connectivity index is 1.66. The number of hydrogen-bond acceptors (Lipinski definition) is 3. The second-order valence-corrected chi connectivity index (χ2v) is 6.94. The Hall–Kier alpha value is -1.96. The Bertz CT molecular complexity index is 615. The summed E-state index contributed by atoms with van der Waals surface area (Å²) in [5.74, 6) is 0.194. The van der Waals surface area contributed by atoms with E-state index in [1.807, 2.05) is 4.90 Å². The van der Waals surface area contributed by atoms with E-state index in [0.717, 1.165) is 12.0 Å². The third-order valence-electron chi connectivity index (χ3n) is 4.80. The van der Waals surface area contributed by atoms with E-state index in [-0.39, 0.29) is 17.7 Å². The molecule has 2 saturated heterocycles. The van der Waals surface area contributed by atoms with Crippen LogP contribution in [0, 0.1) is 5.92 Å². The lowest BCUT2D eigenvalue weighted by molar-refractivity contribution is -0.274. The average molecular weight is 372 g/mol. The minimum absolute atomic E-state index is 0.0156. The van der Waals surface area contributed by atoms with Crippen LogP contribution < -0.4 is 4.74 Å². The third kappa shape index (κ3) is 4.81. The predicted octanol–water partition coefficient (Wildman–Crippen LogP) is 3.46. The zero-order valence-corrected chi connectivity index (χ0v) is 14.7. The Morgan fingerprint density at radius 3 is 2.38 bits per heavy atom. The fourth-order valence-corrected chi connectivity index (χ4v) is 3.65. The number of carbonyl (C=O) groups excluding carboxylic acids is 1. The summed E-state index contributed by atoms with van der Waals surface area (Å²) in [7, 11) is 0. The van der Waals surface area contributed by atoms with Crippen LogP contribution in [0.2, 0.25) is 0 Å². The number of amides is 2. The topological polar surface area (TPSA) is 42.0 Å². The van der Waals surface area contributed by atoms with Gasteiger partial charge in [-0.3, -0.25) is 0 Å². The Kier molecular flexibility index (Phi) is 5.60. The Labute approximate surface area is 150 Å². The maximum Gasteiger partial charge on any atom is 0.573 e. The van der Waals surface area contributed by atoms with Crippen molar-refractivity contribution in [2.75, 3.05) is 39.4 Å². The van der Waals surface area contributed by atoms with Crippen molar-refractivity contribution in [2.45, 2.75) is 25.6 Å². The first kappa shape index (κ1) is 18.8. The van der Waals surface area contributed by atoms with E-state index in [0.29, 0.717) is 45.3 Å². The molecule has 1 aromatic rings. The van der Waals surface area contributed by atoms with Crippen LogP contribution in [0.5, 0.6) is 5.75 Å². The van der Waals surface area contributed by atoms with E-state index in [9.17, 15) is 18.0 Å². The first-order valence-corrected chi connectivity index (χ1v) is 8.79. The van der Waals surface area contributed by atoms with Gasteiger partial charge in [-0.2, -0.15) is 0 Å². The second kappa shape index (κ2) is 7.73. The molecule has 2 heterocycles. The normalized spacial score (nSPS) is 24.5. The number of urea groups is 1. The fourth-order valence-electron chi connectivity index (χ4n) is 3.65. The largest absolute Gasteiger partial charge is 0.573 e. The lowest BCUT2D eigenvalue weighted by Crippen LogP contribution is -2.52. The summed E-state index contributed by atoms with van der Waals surface area (Å²) >= 11 is 0. The van der Waals surface area contributed by atoms with Crippen LogP contribution in [-0.2, 0) is 4.74 Å². The average Bonchev–Trinajstić information content (AvgIpc) is 2.60. The number of nitrogens with zero attached hydrogens (tertiary/aromatic N) is 2. The highest BCUT2D eigenvalue weighted by atomic mass is 19.4. The summed E-state index contributed by atoms with van der Waals surface area (Å²) in [5.41, 5.74) is 0.922. The molecule has 2 atom stereocenters. The van der Waals surface area contributed by atoms with Gasteiger partial charge in [-0.1, -0.05) is 19.1 Å². The van der Waals surface area contributed by atoms with Gasteiger partial charge in [0.1, 0.15) is 5.75 Å². The molecule has 8 heteroatoms. The van der Waals surface area contributed by atoms with Crippen molar-refractivity contribution in [2.24, 2.45) is 5.92 Å².